The molecule has 1 aliphatic rings. The maximum absolute atomic E-state index is 4.49. The SMILES string of the molecule is CNC(CC1CCCCCC1)c1cccc2ncccc12. The molecule has 0 radical (unpaired) electrons. The van der Waals surface area contributed by atoms with Crippen molar-refractivity contribution in [1.29, 1.82) is 0 Å². The van der Waals surface area contributed by atoms with Crippen LogP contribution in [0, 0.1) is 5.92 Å². The van der Waals surface area contributed by atoms with E-state index in [9.17, 15) is 0 Å². The molecule has 1 aromatic heterocycles. The molecule has 2 nitrogen and oxygen atoms in total. The van der Waals surface area contributed by atoms with Gasteiger partial charge in [0.1, 0.15) is 0 Å². The molecule has 0 aliphatic heterocycles. The molecule has 0 bridgehead atoms. The lowest BCUT2D eigenvalue weighted by Gasteiger charge is -2.23. The number of fused-ring (bicyclic) bond motifs is 1. The molecule has 2 aromatic rings. The molecule has 1 atom stereocenters. The number of rotatable bonds is 4. The van der Waals surface area contributed by atoms with Gasteiger partial charge in [0.2, 0.25) is 0 Å². The Morgan fingerprint density at radius 3 is 2.67 bits per heavy atom. The van der Waals surface area contributed by atoms with Crippen LogP contribution in [0.2, 0.25) is 0 Å². The third-order valence-electron chi connectivity index (χ3n) is 4.95. The monoisotopic (exact) mass is 282 g/mol. The van der Waals surface area contributed by atoms with Gasteiger partial charge in [0.15, 0.2) is 0 Å². The van der Waals surface area contributed by atoms with Crippen LogP contribution in [0.1, 0.15) is 56.6 Å². The molecule has 1 saturated carbocycles. The van der Waals surface area contributed by atoms with Crippen molar-refractivity contribution < 1.29 is 0 Å². The van der Waals surface area contributed by atoms with Gasteiger partial charge in [0.25, 0.3) is 0 Å². The highest BCUT2D eigenvalue weighted by Crippen LogP contribution is 2.33. The maximum Gasteiger partial charge on any atom is 0.0705 e. The minimum Gasteiger partial charge on any atom is -0.313 e. The van der Waals surface area contributed by atoms with Crippen LogP contribution < -0.4 is 5.32 Å². The Morgan fingerprint density at radius 1 is 1.10 bits per heavy atom. The van der Waals surface area contributed by atoms with Gasteiger partial charge >= 0.3 is 0 Å². The lowest BCUT2D eigenvalue weighted by Crippen LogP contribution is -2.20. The van der Waals surface area contributed by atoms with Crippen LogP contribution in [-0.2, 0) is 0 Å². The molecule has 1 fully saturated rings. The summed E-state index contributed by atoms with van der Waals surface area (Å²) in [5.74, 6) is 0.872. The first-order chi connectivity index (χ1) is 10.4. The van der Waals surface area contributed by atoms with Crippen LogP contribution in [-0.4, -0.2) is 12.0 Å². The number of hydrogen-bond acceptors (Lipinski definition) is 2. The summed E-state index contributed by atoms with van der Waals surface area (Å²) in [7, 11) is 2.09. The fraction of sp³-hybridized carbons (Fsp3) is 0.526. The predicted molar refractivity (Wildman–Crippen MR) is 89.4 cm³/mol. The standard InChI is InChI=1S/C19H26N2/c1-20-19(14-15-8-4-2-3-5-9-15)17-10-6-12-18-16(17)11-7-13-21-18/h6-7,10-13,15,19-20H,2-5,8-9,14H2,1H3. The van der Waals surface area contributed by atoms with Crippen molar-refractivity contribution >= 4 is 10.9 Å². The highest BCUT2D eigenvalue weighted by atomic mass is 14.9. The van der Waals surface area contributed by atoms with Crippen LogP contribution in [0.15, 0.2) is 36.5 Å². The third kappa shape index (κ3) is 3.44. The Balaban J connectivity index is 1.84. The molecule has 1 aliphatic carbocycles. The van der Waals surface area contributed by atoms with Crippen molar-refractivity contribution in [3.8, 4) is 0 Å². The summed E-state index contributed by atoms with van der Waals surface area (Å²) in [4.78, 5) is 4.49. The first-order valence-corrected chi connectivity index (χ1v) is 8.39. The summed E-state index contributed by atoms with van der Waals surface area (Å²) < 4.78 is 0. The fourth-order valence-corrected chi connectivity index (χ4v) is 3.76. The summed E-state index contributed by atoms with van der Waals surface area (Å²) in [6, 6.07) is 11.2. The van der Waals surface area contributed by atoms with E-state index in [4.69, 9.17) is 0 Å². The first kappa shape index (κ1) is 14.5. The molecule has 1 heterocycles. The van der Waals surface area contributed by atoms with Gasteiger partial charge in [-0.25, -0.2) is 0 Å². The van der Waals surface area contributed by atoms with Crippen molar-refractivity contribution in [2.45, 2.75) is 51.0 Å². The third-order valence-corrected chi connectivity index (χ3v) is 4.95. The highest BCUT2D eigenvalue weighted by Gasteiger charge is 2.19. The smallest absolute Gasteiger partial charge is 0.0705 e. The second-order valence-corrected chi connectivity index (χ2v) is 6.35. The van der Waals surface area contributed by atoms with Gasteiger partial charge in [0, 0.05) is 17.6 Å². The molecule has 0 amide bonds. The molecule has 1 aromatic carbocycles. The van der Waals surface area contributed by atoms with Gasteiger partial charge in [-0.3, -0.25) is 4.98 Å². The van der Waals surface area contributed by atoms with Crippen molar-refractivity contribution in [1.82, 2.24) is 10.3 Å². The number of aromatic nitrogens is 1. The summed E-state index contributed by atoms with van der Waals surface area (Å²) in [5.41, 5.74) is 2.52. The second-order valence-electron chi connectivity index (χ2n) is 6.35. The maximum atomic E-state index is 4.49. The Morgan fingerprint density at radius 2 is 1.90 bits per heavy atom. The molecular formula is C19H26N2. The van der Waals surface area contributed by atoms with E-state index in [-0.39, 0.29) is 0 Å². The van der Waals surface area contributed by atoms with E-state index in [0.29, 0.717) is 6.04 Å². The van der Waals surface area contributed by atoms with Gasteiger partial charge in [0.05, 0.1) is 5.52 Å². The quantitative estimate of drug-likeness (QED) is 0.810. The van der Waals surface area contributed by atoms with Crippen LogP contribution in [0.25, 0.3) is 10.9 Å². The summed E-state index contributed by atoms with van der Waals surface area (Å²) in [5, 5.41) is 4.85. The molecule has 0 spiro atoms. The average molecular weight is 282 g/mol. The van der Waals surface area contributed by atoms with Gasteiger partial charge in [-0.1, -0.05) is 56.7 Å². The van der Waals surface area contributed by atoms with Crippen molar-refractivity contribution in [2.75, 3.05) is 7.05 Å². The van der Waals surface area contributed by atoms with Gasteiger partial charge in [-0.15, -0.1) is 0 Å². The van der Waals surface area contributed by atoms with E-state index >= 15 is 0 Å². The van der Waals surface area contributed by atoms with Crippen molar-refractivity contribution in [3.05, 3.63) is 42.1 Å². The van der Waals surface area contributed by atoms with Crippen molar-refractivity contribution in [3.63, 3.8) is 0 Å². The Labute approximate surface area is 128 Å². The lowest BCUT2D eigenvalue weighted by molar-refractivity contribution is 0.369. The highest BCUT2D eigenvalue weighted by molar-refractivity contribution is 5.82. The van der Waals surface area contributed by atoms with Crippen LogP contribution in [0.3, 0.4) is 0 Å². The zero-order valence-corrected chi connectivity index (χ0v) is 13.0. The zero-order chi connectivity index (χ0) is 14.5. The first-order valence-electron chi connectivity index (χ1n) is 8.39. The number of pyridine rings is 1. The largest absolute Gasteiger partial charge is 0.313 e. The molecule has 0 saturated heterocycles. The molecule has 112 valence electrons. The second kappa shape index (κ2) is 7.04. The number of hydrogen-bond donors (Lipinski definition) is 1. The van der Waals surface area contributed by atoms with Gasteiger partial charge in [-0.05, 0) is 37.1 Å². The normalized spacial score (nSPS) is 18.5. The van der Waals surface area contributed by atoms with E-state index in [2.05, 4.69) is 41.6 Å². The summed E-state index contributed by atoms with van der Waals surface area (Å²) >= 11 is 0. The van der Waals surface area contributed by atoms with E-state index in [1.54, 1.807) is 0 Å². The molecule has 1 N–H and O–H groups in total. The number of benzene rings is 1. The zero-order valence-electron chi connectivity index (χ0n) is 13.0. The Hall–Kier alpha value is -1.41. The molecular weight excluding hydrogens is 256 g/mol. The fourth-order valence-electron chi connectivity index (χ4n) is 3.76. The summed E-state index contributed by atoms with van der Waals surface area (Å²) in [6.07, 6.45) is 11.6. The van der Waals surface area contributed by atoms with E-state index in [1.165, 1.54) is 55.9 Å². The molecule has 3 rings (SSSR count). The lowest BCUT2D eigenvalue weighted by atomic mass is 9.88. The Bertz CT molecular complexity index is 565. The van der Waals surface area contributed by atoms with E-state index in [0.717, 1.165) is 11.4 Å². The topological polar surface area (TPSA) is 24.9 Å². The minimum atomic E-state index is 0.445. The minimum absolute atomic E-state index is 0.445. The predicted octanol–water partition coefficient (Wildman–Crippen LogP) is 4.86. The van der Waals surface area contributed by atoms with Gasteiger partial charge in [-0.2, -0.15) is 0 Å². The van der Waals surface area contributed by atoms with Crippen LogP contribution in [0.4, 0.5) is 0 Å². The molecule has 21 heavy (non-hydrogen) atoms. The molecule has 1 unspecified atom stereocenters. The summed E-state index contributed by atoms with van der Waals surface area (Å²) in [6.45, 7) is 0. The van der Waals surface area contributed by atoms with E-state index < -0.39 is 0 Å². The average Bonchev–Trinajstić information content (AvgIpc) is 2.81. The van der Waals surface area contributed by atoms with Crippen LogP contribution >= 0.6 is 0 Å². The number of nitrogens with one attached hydrogen (secondary N) is 1. The van der Waals surface area contributed by atoms with Gasteiger partial charge < -0.3 is 5.32 Å². The number of nitrogens with zero attached hydrogens (tertiary/aromatic N) is 1. The van der Waals surface area contributed by atoms with E-state index in [1.807, 2.05) is 12.3 Å². The van der Waals surface area contributed by atoms with Crippen molar-refractivity contribution in [2.24, 2.45) is 5.92 Å². The Kier molecular flexibility index (Phi) is 4.87. The van der Waals surface area contributed by atoms with Crippen LogP contribution in [0.5, 0.6) is 0 Å². The molecule has 2 heteroatoms.